The highest BCUT2D eigenvalue weighted by atomic mass is 79.9. The quantitative estimate of drug-likeness (QED) is 0.428. The first kappa shape index (κ1) is 18.2. The molecule has 0 saturated heterocycles. The van der Waals surface area contributed by atoms with E-state index in [1.54, 1.807) is 0 Å². The Morgan fingerprint density at radius 2 is 1.56 bits per heavy atom. The minimum absolute atomic E-state index is 0.0835. The van der Waals surface area contributed by atoms with Gasteiger partial charge in [0.05, 0.1) is 4.83 Å². The van der Waals surface area contributed by atoms with Crippen molar-refractivity contribution in [3.63, 3.8) is 0 Å². The third kappa shape index (κ3) is 6.99. The maximum atomic E-state index is 11.5. The van der Waals surface area contributed by atoms with Gasteiger partial charge in [0.2, 0.25) is 0 Å². The van der Waals surface area contributed by atoms with Crippen LogP contribution in [0.5, 0.6) is 0 Å². The second-order valence-electron chi connectivity index (χ2n) is 3.92. The van der Waals surface area contributed by atoms with E-state index in [9.17, 15) is 4.79 Å². The molecule has 0 bridgehead atoms. The second-order valence-corrected chi connectivity index (χ2v) is 8.02. The molecule has 0 N–H and O–H groups in total. The van der Waals surface area contributed by atoms with Crippen molar-refractivity contribution in [2.75, 3.05) is 19.8 Å². The number of Topliss-reactive ketones (excluding diaryl/α,β-unsaturated/α-hetero) is 1. The van der Waals surface area contributed by atoms with Gasteiger partial charge in [-0.15, -0.1) is 0 Å². The summed E-state index contributed by atoms with van der Waals surface area (Å²) in [6.07, 6.45) is 1.29. The molecule has 0 aromatic heterocycles. The van der Waals surface area contributed by atoms with Gasteiger partial charge in [-0.2, -0.15) is 0 Å². The summed E-state index contributed by atoms with van der Waals surface area (Å²) in [5, 5.41) is 0. The average Bonchev–Trinajstić information content (AvgIpc) is 2.29. The van der Waals surface area contributed by atoms with Crippen molar-refractivity contribution in [3.05, 3.63) is 0 Å². The van der Waals surface area contributed by atoms with Crippen LogP contribution in [0, 0.1) is 0 Å². The molecule has 1 unspecified atom stereocenters. The number of carbonyl (C=O) groups excluding carboxylic acids is 1. The van der Waals surface area contributed by atoms with Crippen LogP contribution in [0.4, 0.5) is 0 Å². The fourth-order valence-electron chi connectivity index (χ4n) is 1.68. The van der Waals surface area contributed by atoms with Gasteiger partial charge in [0, 0.05) is 32.3 Å². The van der Waals surface area contributed by atoms with Crippen LogP contribution in [0.15, 0.2) is 0 Å². The molecule has 0 spiro atoms. The van der Waals surface area contributed by atoms with Crippen LogP contribution in [-0.4, -0.2) is 39.2 Å². The van der Waals surface area contributed by atoms with Crippen molar-refractivity contribution in [2.24, 2.45) is 0 Å². The molecule has 108 valence electrons. The second kappa shape index (κ2) is 10.1. The molecule has 0 rings (SSSR count). The lowest BCUT2D eigenvalue weighted by Crippen LogP contribution is -2.46. The van der Waals surface area contributed by atoms with Crippen molar-refractivity contribution < 1.29 is 18.1 Å². The molecular weight excluding hydrogens is 316 g/mol. The van der Waals surface area contributed by atoms with E-state index in [0.29, 0.717) is 32.3 Å². The minimum Gasteiger partial charge on any atom is -0.374 e. The summed E-state index contributed by atoms with van der Waals surface area (Å²) in [5.74, 6) is 0.211. The van der Waals surface area contributed by atoms with E-state index in [2.05, 4.69) is 15.9 Å². The molecule has 0 amide bonds. The zero-order valence-electron chi connectivity index (χ0n) is 11.8. The van der Waals surface area contributed by atoms with Gasteiger partial charge in [0.25, 0.3) is 0 Å². The molecule has 0 aliphatic rings. The monoisotopic (exact) mass is 340 g/mol. The van der Waals surface area contributed by atoms with Crippen molar-refractivity contribution in [1.29, 1.82) is 0 Å². The maximum Gasteiger partial charge on any atom is 0.500 e. The van der Waals surface area contributed by atoms with E-state index in [0.717, 1.165) is 6.42 Å². The Balaban J connectivity index is 4.33. The number of halogens is 1. The minimum atomic E-state index is -2.56. The molecule has 0 aromatic carbocycles. The highest BCUT2D eigenvalue weighted by molar-refractivity contribution is 9.10. The molecule has 0 heterocycles. The van der Waals surface area contributed by atoms with Crippen LogP contribution in [0.3, 0.4) is 0 Å². The molecule has 4 nitrogen and oxygen atoms in total. The third-order valence-corrected chi connectivity index (χ3v) is 6.10. The number of carbonyl (C=O) groups is 1. The Morgan fingerprint density at radius 3 is 1.89 bits per heavy atom. The summed E-state index contributed by atoms with van der Waals surface area (Å²) < 4.78 is 17.2. The molecule has 0 saturated carbocycles. The van der Waals surface area contributed by atoms with E-state index >= 15 is 0 Å². The fourth-order valence-corrected chi connectivity index (χ4v) is 4.52. The largest absolute Gasteiger partial charge is 0.500 e. The number of hydrogen-bond donors (Lipinski definition) is 0. The van der Waals surface area contributed by atoms with E-state index < -0.39 is 8.80 Å². The Morgan fingerprint density at radius 1 is 1.11 bits per heavy atom. The van der Waals surface area contributed by atoms with Crippen LogP contribution in [0.1, 0.15) is 40.5 Å². The first-order chi connectivity index (χ1) is 8.51. The molecule has 6 heteroatoms. The highest BCUT2D eigenvalue weighted by Gasteiger charge is 2.39. The Bertz CT molecular complexity index is 219. The fraction of sp³-hybridized carbons (Fsp3) is 0.917. The van der Waals surface area contributed by atoms with Gasteiger partial charge in [0.15, 0.2) is 0 Å². The third-order valence-electron chi connectivity index (χ3n) is 2.44. The molecule has 1 atom stereocenters. The van der Waals surface area contributed by atoms with Crippen LogP contribution in [0.25, 0.3) is 0 Å². The van der Waals surface area contributed by atoms with Gasteiger partial charge < -0.3 is 13.3 Å². The van der Waals surface area contributed by atoms with E-state index in [1.165, 1.54) is 0 Å². The first-order valence-corrected chi connectivity index (χ1v) is 9.44. The summed E-state index contributed by atoms with van der Waals surface area (Å²) >= 11 is 3.28. The van der Waals surface area contributed by atoms with E-state index in [4.69, 9.17) is 13.3 Å². The lowest BCUT2D eigenvalue weighted by molar-refractivity contribution is -0.118. The summed E-state index contributed by atoms with van der Waals surface area (Å²) in [6.45, 7) is 9.39. The van der Waals surface area contributed by atoms with Crippen LogP contribution >= 0.6 is 15.9 Å². The van der Waals surface area contributed by atoms with Gasteiger partial charge in [-0.1, -0.05) is 15.9 Å². The molecular formula is C12H25BrO4Si. The molecule has 18 heavy (non-hydrogen) atoms. The Hall–Kier alpha value is 0.247. The molecule has 0 aliphatic carbocycles. The normalized spacial score (nSPS) is 13.6. The van der Waals surface area contributed by atoms with E-state index in [1.807, 2.05) is 27.7 Å². The number of alkyl halides is 1. The van der Waals surface area contributed by atoms with Crippen molar-refractivity contribution in [2.45, 2.75) is 51.4 Å². The molecule has 0 radical (unpaired) electrons. The van der Waals surface area contributed by atoms with Gasteiger partial charge in [-0.05, 0) is 34.1 Å². The summed E-state index contributed by atoms with van der Waals surface area (Å²) in [5.41, 5.74) is 0. The average molecular weight is 341 g/mol. The van der Waals surface area contributed by atoms with Crippen molar-refractivity contribution in [3.8, 4) is 0 Å². The van der Waals surface area contributed by atoms with Gasteiger partial charge in [-0.3, -0.25) is 4.79 Å². The topological polar surface area (TPSA) is 44.8 Å². The SMILES string of the molecule is CCO[Si](CCCC(=O)C(C)Br)(OCC)OCC. The van der Waals surface area contributed by atoms with Crippen LogP contribution in [0.2, 0.25) is 6.04 Å². The number of hydrogen-bond acceptors (Lipinski definition) is 4. The summed E-state index contributed by atoms with van der Waals surface area (Å²) in [6, 6.07) is 0.702. The van der Waals surface area contributed by atoms with Gasteiger partial charge >= 0.3 is 8.80 Å². The zero-order chi connectivity index (χ0) is 14.0. The van der Waals surface area contributed by atoms with Gasteiger partial charge in [-0.25, -0.2) is 0 Å². The highest BCUT2D eigenvalue weighted by Crippen LogP contribution is 2.20. The smallest absolute Gasteiger partial charge is 0.374 e. The maximum absolute atomic E-state index is 11.5. The molecule has 0 aliphatic heterocycles. The Kier molecular flexibility index (Phi) is 10.2. The predicted octanol–water partition coefficient (Wildman–Crippen LogP) is 3.17. The van der Waals surface area contributed by atoms with E-state index in [-0.39, 0.29) is 10.6 Å². The lowest BCUT2D eigenvalue weighted by Gasteiger charge is -2.28. The summed E-state index contributed by atoms with van der Waals surface area (Å²) in [7, 11) is -2.56. The number of rotatable bonds is 11. The zero-order valence-corrected chi connectivity index (χ0v) is 14.4. The van der Waals surface area contributed by atoms with Crippen LogP contribution in [-0.2, 0) is 18.1 Å². The summed E-state index contributed by atoms with van der Waals surface area (Å²) in [4.78, 5) is 11.5. The van der Waals surface area contributed by atoms with Crippen molar-refractivity contribution >= 4 is 30.5 Å². The van der Waals surface area contributed by atoms with Crippen molar-refractivity contribution in [1.82, 2.24) is 0 Å². The van der Waals surface area contributed by atoms with Gasteiger partial charge in [0.1, 0.15) is 5.78 Å². The standard InChI is InChI=1S/C12H25BrO4Si/c1-5-15-18(16-6-2,17-7-3)10-8-9-12(14)11(4)13/h11H,5-10H2,1-4H3. The predicted molar refractivity (Wildman–Crippen MR) is 78.1 cm³/mol. The van der Waals surface area contributed by atoms with Crippen LogP contribution < -0.4 is 0 Å². The Labute approximate surface area is 120 Å². The lowest BCUT2D eigenvalue weighted by atomic mass is 10.2. The first-order valence-electron chi connectivity index (χ1n) is 6.60. The number of ketones is 1. The molecule has 0 aromatic rings. The molecule has 0 fully saturated rings.